The van der Waals surface area contributed by atoms with Crippen molar-refractivity contribution in [3.63, 3.8) is 0 Å². The number of hydrogen-bond acceptors (Lipinski definition) is 2. The molecule has 0 spiro atoms. The Hall–Kier alpha value is -8.48. The average Bonchev–Trinajstić information content (AvgIpc) is 3.88. The summed E-state index contributed by atoms with van der Waals surface area (Å²) in [7, 11) is 0. The van der Waals surface area contributed by atoms with E-state index in [0.29, 0.717) is 18.2 Å². The summed E-state index contributed by atoms with van der Waals surface area (Å²) >= 11 is 0. The summed E-state index contributed by atoms with van der Waals surface area (Å²) in [6.45, 7) is 4.43. The lowest BCUT2D eigenvalue weighted by atomic mass is 10.0. The van der Waals surface area contributed by atoms with Crippen molar-refractivity contribution < 1.29 is 0 Å². The Morgan fingerprint density at radius 3 is 1.83 bits per heavy atom. The lowest BCUT2D eigenvalue weighted by Gasteiger charge is -2.11. The molecule has 0 aliphatic carbocycles. The Kier molecular flexibility index (Phi) is 9.63. The molecule has 0 aliphatic rings. The second-order valence-corrected chi connectivity index (χ2v) is 15.5. The maximum atomic E-state index is 5.02. The highest BCUT2D eigenvalue weighted by molar-refractivity contribution is 6.17. The van der Waals surface area contributed by atoms with Crippen molar-refractivity contribution in [3.8, 4) is 33.8 Å². The third-order valence-corrected chi connectivity index (χ3v) is 11.8. The first-order valence-corrected chi connectivity index (χ1v) is 21.1. The highest BCUT2D eigenvalue weighted by Gasteiger charge is 2.18. The molecule has 3 aromatic heterocycles. The van der Waals surface area contributed by atoms with Crippen LogP contribution in [0, 0.1) is 0 Å². The van der Waals surface area contributed by atoms with Gasteiger partial charge in [-0.1, -0.05) is 146 Å². The predicted molar refractivity (Wildman–Crippen MR) is 263 cm³/mol. The van der Waals surface area contributed by atoms with Gasteiger partial charge in [-0.15, -0.1) is 0 Å². The number of amidine groups is 2. The number of aromatic nitrogens is 3. The maximum absolute atomic E-state index is 5.02. The number of nitrogens with zero attached hydrogens (tertiary/aromatic N) is 6. The fraction of sp³-hybridized carbons (Fsp3) is 0.0175. The molecule has 0 saturated carbocycles. The monoisotopic (exact) mass is 808 g/mol. The number of pyridine rings is 1. The molecule has 0 amide bonds. The third kappa shape index (κ3) is 6.90. The molecule has 0 aliphatic heterocycles. The Morgan fingerprint density at radius 1 is 0.460 bits per heavy atom. The van der Waals surface area contributed by atoms with Gasteiger partial charge in [0, 0.05) is 55.8 Å². The molecule has 0 radical (unpaired) electrons. The van der Waals surface area contributed by atoms with E-state index in [9.17, 15) is 0 Å². The lowest BCUT2D eigenvalue weighted by molar-refractivity contribution is 1.06. The normalized spacial score (nSPS) is 12.1. The van der Waals surface area contributed by atoms with Gasteiger partial charge in [0.15, 0.2) is 11.7 Å². The van der Waals surface area contributed by atoms with Gasteiger partial charge < -0.3 is 9.13 Å². The van der Waals surface area contributed by atoms with E-state index in [-0.39, 0.29) is 0 Å². The lowest BCUT2D eigenvalue weighted by Crippen LogP contribution is -2.06. The molecule has 0 unspecified atom stereocenters. The minimum absolute atomic E-state index is 0.477. The highest BCUT2D eigenvalue weighted by Crippen LogP contribution is 2.39. The topological polar surface area (TPSA) is 59.8 Å². The van der Waals surface area contributed by atoms with Crippen LogP contribution in [0.25, 0.3) is 77.4 Å². The molecule has 6 nitrogen and oxygen atoms in total. The van der Waals surface area contributed by atoms with Gasteiger partial charge in [0.2, 0.25) is 0 Å². The van der Waals surface area contributed by atoms with E-state index < -0.39 is 0 Å². The summed E-state index contributed by atoms with van der Waals surface area (Å²) in [6.07, 6.45) is 1.82. The van der Waals surface area contributed by atoms with Gasteiger partial charge in [-0.2, -0.15) is 0 Å². The molecule has 6 heteroatoms. The number of benzene rings is 8. The largest absolute Gasteiger partial charge is 0.309 e. The van der Waals surface area contributed by atoms with Gasteiger partial charge in [-0.3, -0.25) is 9.98 Å². The molecule has 0 atom stereocenters. The van der Waals surface area contributed by atoms with E-state index >= 15 is 0 Å². The van der Waals surface area contributed by atoms with Crippen molar-refractivity contribution in [3.05, 3.63) is 235 Å². The van der Waals surface area contributed by atoms with Crippen LogP contribution in [-0.2, 0) is 6.54 Å². The molecule has 8 aromatic carbocycles. The van der Waals surface area contributed by atoms with Crippen LogP contribution < -0.4 is 0 Å². The van der Waals surface area contributed by atoms with Gasteiger partial charge in [0.1, 0.15) is 0 Å². The summed E-state index contributed by atoms with van der Waals surface area (Å²) in [6, 6.07) is 74.2. The molecular formula is C57H40N6. The van der Waals surface area contributed by atoms with E-state index in [1.807, 2.05) is 60.8 Å². The number of fused-ring (bicyclic) bond motifs is 6. The molecule has 11 rings (SSSR count). The maximum Gasteiger partial charge on any atom is 0.161 e. The second-order valence-electron chi connectivity index (χ2n) is 15.5. The molecule has 63 heavy (non-hydrogen) atoms. The van der Waals surface area contributed by atoms with Crippen molar-refractivity contribution >= 4 is 62.0 Å². The Balaban J connectivity index is 0.972. The van der Waals surface area contributed by atoms with Crippen molar-refractivity contribution in [2.45, 2.75) is 6.54 Å². The van der Waals surface area contributed by atoms with Gasteiger partial charge in [0.05, 0.1) is 34.3 Å². The summed E-state index contributed by atoms with van der Waals surface area (Å²) in [5, 5.41) is 4.75. The SMILES string of the molecule is C=NC(=NC(=NCc1ccccc1)c1ccccc1)c1ccnc(-c2cccc3c2c2ccccc2n3-c2ccc(-c3ccc4c(c3)c3ccccc3n4-c3ccccc3)cc2)c1. The van der Waals surface area contributed by atoms with Crippen LogP contribution in [0.15, 0.2) is 233 Å². The van der Waals surface area contributed by atoms with Crippen LogP contribution in [0.4, 0.5) is 0 Å². The summed E-state index contributed by atoms with van der Waals surface area (Å²) in [5.74, 6) is 1.07. The zero-order valence-electron chi connectivity index (χ0n) is 34.4. The zero-order chi connectivity index (χ0) is 42.1. The second kappa shape index (κ2) is 16.2. The fourth-order valence-corrected chi connectivity index (χ4v) is 8.86. The fourth-order valence-electron chi connectivity index (χ4n) is 8.86. The van der Waals surface area contributed by atoms with E-state index in [0.717, 1.165) is 66.7 Å². The first-order valence-electron chi connectivity index (χ1n) is 21.1. The Bertz CT molecular complexity index is 3530. The van der Waals surface area contributed by atoms with E-state index in [2.05, 4.69) is 179 Å². The van der Waals surface area contributed by atoms with Gasteiger partial charge >= 0.3 is 0 Å². The first-order chi connectivity index (χ1) is 31.2. The van der Waals surface area contributed by atoms with Crippen molar-refractivity contribution in [2.75, 3.05) is 0 Å². The summed E-state index contributed by atoms with van der Waals surface area (Å²) in [5.41, 5.74) is 13.8. The molecule has 3 heterocycles. The van der Waals surface area contributed by atoms with Crippen LogP contribution in [0.2, 0.25) is 0 Å². The average molecular weight is 809 g/mol. The van der Waals surface area contributed by atoms with Crippen LogP contribution in [-0.4, -0.2) is 32.5 Å². The molecule has 298 valence electrons. The van der Waals surface area contributed by atoms with Gasteiger partial charge in [0.25, 0.3) is 0 Å². The number of hydrogen-bond donors (Lipinski definition) is 0. The molecule has 0 bridgehead atoms. The van der Waals surface area contributed by atoms with Crippen LogP contribution >= 0.6 is 0 Å². The van der Waals surface area contributed by atoms with E-state index in [4.69, 9.17) is 15.0 Å². The minimum Gasteiger partial charge on any atom is -0.309 e. The standard InChI is InChI=1S/C57H40N6/c1-58-56(61-57(41-18-7-3-8-19-41)60-38-39-16-5-2-6-17-39)43-34-35-59-50(37-43)47-24-15-27-54-55(47)48-23-12-14-26-52(48)63(54)45-31-28-40(29-32-45)42-30-33-53-49(36-42)46-22-11-13-25-51(46)62(53)44-20-9-4-10-21-44/h2-37H,1,38H2. The molecule has 0 saturated heterocycles. The van der Waals surface area contributed by atoms with Crippen molar-refractivity contribution in [1.29, 1.82) is 0 Å². The number of para-hydroxylation sites is 3. The predicted octanol–water partition coefficient (Wildman–Crippen LogP) is 13.7. The molecule has 0 N–H and O–H groups in total. The van der Waals surface area contributed by atoms with Crippen LogP contribution in [0.5, 0.6) is 0 Å². The van der Waals surface area contributed by atoms with Crippen LogP contribution in [0.3, 0.4) is 0 Å². The van der Waals surface area contributed by atoms with Gasteiger partial charge in [-0.25, -0.2) is 9.98 Å². The molecule has 11 aromatic rings. The van der Waals surface area contributed by atoms with E-state index in [1.54, 1.807) is 0 Å². The molecular weight excluding hydrogens is 769 g/mol. The quantitative estimate of drug-likeness (QED) is 0.111. The summed E-state index contributed by atoms with van der Waals surface area (Å²) in [4.78, 5) is 19.3. The smallest absolute Gasteiger partial charge is 0.161 e. The number of aliphatic imine (C=N–C) groups is 3. The van der Waals surface area contributed by atoms with E-state index in [1.165, 1.54) is 27.4 Å². The highest BCUT2D eigenvalue weighted by atomic mass is 15.0. The van der Waals surface area contributed by atoms with Gasteiger partial charge in [-0.05, 0) is 90.1 Å². The van der Waals surface area contributed by atoms with Crippen molar-refractivity contribution in [2.24, 2.45) is 15.0 Å². The Labute approximate surface area is 365 Å². The molecule has 0 fully saturated rings. The summed E-state index contributed by atoms with van der Waals surface area (Å²) < 4.78 is 4.71. The van der Waals surface area contributed by atoms with Crippen molar-refractivity contribution in [1.82, 2.24) is 14.1 Å². The van der Waals surface area contributed by atoms with Crippen LogP contribution in [0.1, 0.15) is 16.7 Å². The third-order valence-electron chi connectivity index (χ3n) is 11.8. The number of rotatable bonds is 8. The minimum atomic E-state index is 0.477. The zero-order valence-corrected chi connectivity index (χ0v) is 34.4. The first kappa shape index (κ1) is 37.5. The Morgan fingerprint density at radius 2 is 1.06 bits per heavy atom.